The van der Waals surface area contributed by atoms with Crippen molar-refractivity contribution < 1.29 is 10.0 Å². The zero-order valence-electron chi connectivity index (χ0n) is 2.96. The van der Waals surface area contributed by atoms with E-state index in [9.17, 15) is 4.79 Å². The second-order valence-electron chi connectivity index (χ2n) is 0.529. The van der Waals surface area contributed by atoms with Gasteiger partial charge in [-0.3, -0.25) is 4.79 Å². The van der Waals surface area contributed by atoms with Gasteiger partial charge in [0.1, 0.15) is 6.34 Å². The minimum Gasteiger partial charge on any atom is -0.410 e. The van der Waals surface area contributed by atoms with Crippen LogP contribution in [0, 0.1) is 0 Å². The molecule has 0 bridgehead atoms. The SMILES string of the molecule is O=CN/C=N/O. The van der Waals surface area contributed by atoms with Gasteiger partial charge in [0.15, 0.2) is 0 Å². The van der Waals surface area contributed by atoms with Crippen LogP contribution in [0.2, 0.25) is 0 Å². The molecule has 0 spiro atoms. The van der Waals surface area contributed by atoms with Crippen LogP contribution < -0.4 is 5.32 Å². The van der Waals surface area contributed by atoms with Gasteiger partial charge in [0.05, 0.1) is 0 Å². The third-order valence-corrected chi connectivity index (χ3v) is 0.200. The van der Waals surface area contributed by atoms with Crippen molar-refractivity contribution in [3.8, 4) is 0 Å². The molecule has 0 aliphatic heterocycles. The number of hydrogen-bond donors (Lipinski definition) is 2. The molecule has 0 aliphatic rings. The first-order valence-electron chi connectivity index (χ1n) is 1.27. The molecule has 4 heteroatoms. The Kier molecular flexibility index (Phi) is 3.24. The van der Waals surface area contributed by atoms with E-state index in [1.807, 2.05) is 5.32 Å². The van der Waals surface area contributed by atoms with Crippen molar-refractivity contribution in [1.29, 1.82) is 0 Å². The van der Waals surface area contributed by atoms with Crippen molar-refractivity contribution in [2.75, 3.05) is 0 Å². The molecule has 0 aromatic carbocycles. The minimum absolute atomic E-state index is 0.403. The van der Waals surface area contributed by atoms with Gasteiger partial charge in [-0.1, -0.05) is 5.16 Å². The highest BCUT2D eigenvalue weighted by atomic mass is 16.4. The molecule has 0 atom stereocenters. The maximum absolute atomic E-state index is 9.25. The molecule has 0 unspecified atom stereocenters. The van der Waals surface area contributed by atoms with Crippen molar-refractivity contribution >= 4 is 12.7 Å². The van der Waals surface area contributed by atoms with Gasteiger partial charge in [0.2, 0.25) is 6.41 Å². The Labute approximate surface area is 34.5 Å². The van der Waals surface area contributed by atoms with E-state index in [0.717, 1.165) is 6.34 Å². The molecular weight excluding hydrogens is 84.0 g/mol. The maximum Gasteiger partial charge on any atom is 0.212 e. The van der Waals surface area contributed by atoms with E-state index in [0.29, 0.717) is 6.41 Å². The monoisotopic (exact) mass is 88.0 g/mol. The van der Waals surface area contributed by atoms with Crippen LogP contribution >= 0.6 is 0 Å². The molecule has 34 valence electrons. The van der Waals surface area contributed by atoms with Crippen molar-refractivity contribution in [1.82, 2.24) is 5.32 Å². The largest absolute Gasteiger partial charge is 0.410 e. The number of amides is 1. The molecule has 6 heavy (non-hydrogen) atoms. The second-order valence-corrected chi connectivity index (χ2v) is 0.529. The molecule has 0 heterocycles. The number of nitrogens with zero attached hydrogens (tertiary/aromatic N) is 1. The molecule has 0 rings (SSSR count). The van der Waals surface area contributed by atoms with E-state index in [2.05, 4.69) is 5.16 Å². The zero-order chi connectivity index (χ0) is 4.83. The van der Waals surface area contributed by atoms with E-state index in [1.54, 1.807) is 0 Å². The Bertz CT molecular complexity index is 60.6. The van der Waals surface area contributed by atoms with Crippen LogP contribution in [0.25, 0.3) is 0 Å². The van der Waals surface area contributed by atoms with Gasteiger partial charge in [-0.25, -0.2) is 0 Å². The first-order valence-corrected chi connectivity index (χ1v) is 1.27. The van der Waals surface area contributed by atoms with E-state index in [-0.39, 0.29) is 0 Å². The van der Waals surface area contributed by atoms with Crippen molar-refractivity contribution in [2.24, 2.45) is 5.16 Å². The molecule has 0 aliphatic carbocycles. The van der Waals surface area contributed by atoms with Crippen LogP contribution in [0.3, 0.4) is 0 Å². The first-order chi connectivity index (χ1) is 2.91. The molecule has 0 aromatic heterocycles. The number of oxime groups is 1. The summed E-state index contributed by atoms with van der Waals surface area (Å²) in [5.41, 5.74) is 0. The van der Waals surface area contributed by atoms with Gasteiger partial charge < -0.3 is 10.5 Å². The van der Waals surface area contributed by atoms with Gasteiger partial charge in [-0.2, -0.15) is 0 Å². The summed E-state index contributed by atoms with van der Waals surface area (Å²) in [7, 11) is 0. The number of hydrogen-bond acceptors (Lipinski definition) is 3. The van der Waals surface area contributed by atoms with E-state index in [1.165, 1.54) is 0 Å². The summed E-state index contributed by atoms with van der Waals surface area (Å²) in [6.45, 7) is 0. The smallest absolute Gasteiger partial charge is 0.212 e. The van der Waals surface area contributed by atoms with Crippen LogP contribution in [0.15, 0.2) is 5.16 Å². The topological polar surface area (TPSA) is 61.7 Å². The summed E-state index contributed by atoms with van der Waals surface area (Å²) in [6.07, 6.45) is 1.27. The average molecular weight is 88.1 g/mol. The average Bonchev–Trinajstić information content (AvgIpc) is 1.61. The fourth-order valence-corrected chi connectivity index (χ4v) is 0.0638. The first kappa shape index (κ1) is 4.94. The van der Waals surface area contributed by atoms with Gasteiger partial charge >= 0.3 is 0 Å². The summed E-state index contributed by atoms with van der Waals surface area (Å²) in [4.78, 5) is 9.25. The molecule has 0 saturated carbocycles. The number of carbonyl (C=O) groups is 1. The van der Waals surface area contributed by atoms with Crippen LogP contribution in [-0.4, -0.2) is 18.0 Å². The highest BCUT2D eigenvalue weighted by molar-refractivity contribution is 5.70. The lowest BCUT2D eigenvalue weighted by Gasteiger charge is -1.72. The highest BCUT2D eigenvalue weighted by Gasteiger charge is 1.58. The molecular formula is C2H4N2O2. The van der Waals surface area contributed by atoms with Gasteiger partial charge in [-0.15, -0.1) is 0 Å². The summed E-state index contributed by atoms with van der Waals surface area (Å²) >= 11 is 0. The van der Waals surface area contributed by atoms with Crippen LogP contribution in [-0.2, 0) is 4.79 Å². The van der Waals surface area contributed by atoms with Gasteiger partial charge in [0.25, 0.3) is 0 Å². The maximum atomic E-state index is 9.25. The van der Waals surface area contributed by atoms with Crippen LogP contribution in [0.1, 0.15) is 0 Å². The highest BCUT2D eigenvalue weighted by Crippen LogP contribution is 1.36. The third-order valence-electron chi connectivity index (χ3n) is 0.200. The predicted octanol–water partition coefficient (Wildman–Crippen LogP) is -0.850. The minimum atomic E-state index is 0.403. The van der Waals surface area contributed by atoms with Crippen molar-refractivity contribution in [3.63, 3.8) is 0 Å². The molecule has 0 radical (unpaired) electrons. The quantitative estimate of drug-likeness (QED) is 0.152. The summed E-state index contributed by atoms with van der Waals surface area (Å²) in [5.74, 6) is 0. The fourth-order valence-electron chi connectivity index (χ4n) is 0.0638. The Balaban J connectivity index is 2.85. The van der Waals surface area contributed by atoms with Crippen molar-refractivity contribution in [3.05, 3.63) is 0 Å². The molecule has 0 saturated heterocycles. The molecule has 1 amide bonds. The zero-order valence-corrected chi connectivity index (χ0v) is 2.96. The normalized spacial score (nSPS) is 8.67. The summed E-state index contributed by atoms with van der Waals surface area (Å²) < 4.78 is 0. The second kappa shape index (κ2) is 3.94. The molecule has 2 N–H and O–H groups in total. The Hall–Kier alpha value is -1.06. The van der Waals surface area contributed by atoms with E-state index >= 15 is 0 Å². The molecule has 0 aromatic rings. The fraction of sp³-hybridized carbons (Fsp3) is 0. The molecule has 4 nitrogen and oxygen atoms in total. The lowest BCUT2D eigenvalue weighted by Crippen LogP contribution is -2.05. The number of carbonyl (C=O) groups excluding carboxylic acids is 1. The summed E-state index contributed by atoms with van der Waals surface area (Å²) in [5, 5.41) is 12.0. The Morgan fingerprint density at radius 2 is 2.50 bits per heavy atom. The van der Waals surface area contributed by atoms with Crippen molar-refractivity contribution in [2.45, 2.75) is 0 Å². The van der Waals surface area contributed by atoms with E-state index < -0.39 is 0 Å². The third kappa shape index (κ3) is 2.94. The number of rotatable bonds is 2. The lowest BCUT2D eigenvalue weighted by molar-refractivity contribution is -0.108. The Morgan fingerprint density at radius 1 is 1.83 bits per heavy atom. The van der Waals surface area contributed by atoms with E-state index in [4.69, 9.17) is 5.21 Å². The number of nitrogens with one attached hydrogen (secondary N) is 1. The predicted molar refractivity (Wildman–Crippen MR) is 19.5 cm³/mol. The molecule has 0 fully saturated rings. The van der Waals surface area contributed by atoms with Gasteiger partial charge in [0, 0.05) is 0 Å². The van der Waals surface area contributed by atoms with Crippen LogP contribution in [0.5, 0.6) is 0 Å². The summed E-state index contributed by atoms with van der Waals surface area (Å²) in [6, 6.07) is 0. The lowest BCUT2D eigenvalue weighted by atomic mass is 11.2. The standard InChI is InChI=1S/C2H4N2O2/c5-2-3-1-4-6/h1-2,6H,(H,3,4,5). The van der Waals surface area contributed by atoms with Gasteiger partial charge in [-0.05, 0) is 0 Å². The van der Waals surface area contributed by atoms with Crippen LogP contribution in [0.4, 0.5) is 0 Å². The Morgan fingerprint density at radius 3 is 2.67 bits per heavy atom.